The molecule has 0 saturated carbocycles. The Bertz CT molecular complexity index is 712. The summed E-state index contributed by atoms with van der Waals surface area (Å²) in [4.78, 5) is 32.9. The van der Waals surface area contributed by atoms with E-state index in [-0.39, 0.29) is 11.8 Å². The molecule has 0 radical (unpaired) electrons. The van der Waals surface area contributed by atoms with Crippen LogP contribution in [0.2, 0.25) is 0 Å². The molecule has 0 saturated heterocycles. The minimum atomic E-state index is -0.166. The molecule has 132 valence electrons. The molecule has 0 aliphatic carbocycles. The van der Waals surface area contributed by atoms with Gasteiger partial charge in [-0.15, -0.1) is 0 Å². The number of carbonyl (C=O) groups excluding carboxylic acids is 2. The number of rotatable bonds is 7. The summed E-state index contributed by atoms with van der Waals surface area (Å²) in [5.41, 5.74) is 1.86. The van der Waals surface area contributed by atoms with Crippen LogP contribution < -0.4 is 0 Å². The van der Waals surface area contributed by atoms with Crippen LogP contribution in [-0.4, -0.2) is 46.2 Å². The predicted molar refractivity (Wildman–Crippen MR) is 98.3 cm³/mol. The third-order valence-electron chi connectivity index (χ3n) is 4.16. The Morgan fingerprint density at radius 1 is 0.880 bits per heavy atom. The maximum atomic E-state index is 12.8. The van der Waals surface area contributed by atoms with Crippen molar-refractivity contribution in [3.8, 4) is 0 Å². The Kier molecular flexibility index (Phi) is 6.69. The first-order valence-electron chi connectivity index (χ1n) is 8.69. The number of aromatic nitrogens is 1. The highest BCUT2D eigenvalue weighted by molar-refractivity contribution is 5.98. The highest BCUT2D eigenvalue weighted by Gasteiger charge is 2.19. The molecular weight excluding hydrogens is 314 g/mol. The normalized spacial score (nSPS) is 10.4. The Balaban J connectivity index is 2.20. The van der Waals surface area contributed by atoms with Crippen LogP contribution in [-0.2, 0) is 6.54 Å². The van der Waals surface area contributed by atoms with Crippen molar-refractivity contribution in [3.63, 3.8) is 0 Å². The van der Waals surface area contributed by atoms with Gasteiger partial charge >= 0.3 is 0 Å². The number of nitrogens with zero attached hydrogens (tertiary/aromatic N) is 3. The smallest absolute Gasteiger partial charge is 0.272 e. The molecule has 1 aromatic heterocycles. The lowest BCUT2D eigenvalue weighted by Gasteiger charge is -2.21. The van der Waals surface area contributed by atoms with Crippen molar-refractivity contribution in [2.24, 2.45) is 0 Å². The number of hydrogen-bond donors (Lipinski definition) is 0. The Hall–Kier alpha value is -2.69. The van der Waals surface area contributed by atoms with Gasteiger partial charge in [0, 0.05) is 37.9 Å². The maximum Gasteiger partial charge on any atom is 0.272 e. The summed E-state index contributed by atoms with van der Waals surface area (Å²) < 4.78 is 0. The summed E-state index contributed by atoms with van der Waals surface area (Å²) in [7, 11) is 0. The minimum Gasteiger partial charge on any atom is -0.339 e. The standard InChI is InChI=1S/C20H25N3O2/c1-4-22(5-2)19(24)17-12-13-21-18(14-17)20(25)23(6-3)15-16-10-8-7-9-11-16/h7-14H,4-6,15H2,1-3H3. The SMILES string of the molecule is CCN(CC)C(=O)c1ccnc(C(=O)N(CC)Cc2ccccc2)c1. The van der Waals surface area contributed by atoms with E-state index in [9.17, 15) is 9.59 Å². The molecule has 0 N–H and O–H groups in total. The number of pyridine rings is 1. The quantitative estimate of drug-likeness (QED) is 0.778. The molecule has 5 nitrogen and oxygen atoms in total. The van der Waals surface area contributed by atoms with E-state index in [1.54, 1.807) is 21.9 Å². The van der Waals surface area contributed by atoms with Crippen LogP contribution in [0.1, 0.15) is 47.2 Å². The lowest BCUT2D eigenvalue weighted by Crippen LogP contribution is -2.32. The monoisotopic (exact) mass is 339 g/mol. The Labute approximate surface area is 149 Å². The molecule has 0 aliphatic heterocycles. The second-order valence-electron chi connectivity index (χ2n) is 5.71. The van der Waals surface area contributed by atoms with Crippen molar-refractivity contribution in [3.05, 3.63) is 65.5 Å². The van der Waals surface area contributed by atoms with Gasteiger partial charge in [0.05, 0.1) is 0 Å². The zero-order chi connectivity index (χ0) is 18.2. The van der Waals surface area contributed by atoms with Gasteiger partial charge in [-0.05, 0) is 38.5 Å². The van der Waals surface area contributed by atoms with Gasteiger partial charge < -0.3 is 9.80 Å². The lowest BCUT2D eigenvalue weighted by atomic mass is 10.1. The van der Waals surface area contributed by atoms with E-state index in [0.717, 1.165) is 5.56 Å². The summed E-state index contributed by atoms with van der Waals surface area (Å²) >= 11 is 0. The molecule has 0 atom stereocenters. The number of amides is 2. The second-order valence-corrected chi connectivity index (χ2v) is 5.71. The van der Waals surface area contributed by atoms with Crippen LogP contribution in [0.4, 0.5) is 0 Å². The summed E-state index contributed by atoms with van der Waals surface area (Å²) in [5.74, 6) is -0.242. The topological polar surface area (TPSA) is 53.5 Å². The van der Waals surface area contributed by atoms with Crippen LogP contribution in [0, 0.1) is 0 Å². The van der Waals surface area contributed by atoms with E-state index in [1.165, 1.54) is 6.20 Å². The third-order valence-corrected chi connectivity index (χ3v) is 4.16. The molecule has 0 aliphatic rings. The number of carbonyl (C=O) groups is 2. The average molecular weight is 339 g/mol. The second kappa shape index (κ2) is 8.97. The zero-order valence-electron chi connectivity index (χ0n) is 15.1. The summed E-state index contributed by atoms with van der Waals surface area (Å²) in [6, 6.07) is 13.1. The molecule has 5 heteroatoms. The highest BCUT2D eigenvalue weighted by atomic mass is 16.2. The number of hydrogen-bond acceptors (Lipinski definition) is 3. The Morgan fingerprint density at radius 3 is 2.12 bits per heavy atom. The first-order chi connectivity index (χ1) is 12.1. The minimum absolute atomic E-state index is 0.0763. The first-order valence-corrected chi connectivity index (χ1v) is 8.69. The molecule has 2 amide bonds. The lowest BCUT2D eigenvalue weighted by molar-refractivity contribution is 0.0746. The third kappa shape index (κ3) is 4.66. The molecule has 2 rings (SSSR count). The molecule has 1 heterocycles. The van der Waals surface area contributed by atoms with Gasteiger partial charge in [0.25, 0.3) is 11.8 Å². The molecule has 2 aromatic rings. The molecular formula is C20H25N3O2. The molecule has 25 heavy (non-hydrogen) atoms. The molecule has 0 unspecified atom stereocenters. The van der Waals surface area contributed by atoms with Crippen LogP contribution >= 0.6 is 0 Å². The summed E-state index contributed by atoms with van der Waals surface area (Å²) in [6.45, 7) is 8.17. The van der Waals surface area contributed by atoms with Gasteiger partial charge in [0.1, 0.15) is 5.69 Å². The van der Waals surface area contributed by atoms with E-state index in [4.69, 9.17) is 0 Å². The van der Waals surface area contributed by atoms with Crippen molar-refractivity contribution < 1.29 is 9.59 Å². The first kappa shape index (κ1) is 18.6. The van der Waals surface area contributed by atoms with E-state index >= 15 is 0 Å². The average Bonchev–Trinajstić information content (AvgIpc) is 2.67. The van der Waals surface area contributed by atoms with E-state index in [2.05, 4.69) is 4.98 Å². The van der Waals surface area contributed by atoms with E-state index in [0.29, 0.717) is 37.4 Å². The number of benzene rings is 1. The zero-order valence-corrected chi connectivity index (χ0v) is 15.1. The summed E-state index contributed by atoms with van der Waals surface area (Å²) in [5, 5.41) is 0. The maximum absolute atomic E-state index is 12.8. The van der Waals surface area contributed by atoms with Crippen LogP contribution in [0.3, 0.4) is 0 Å². The van der Waals surface area contributed by atoms with Gasteiger partial charge in [-0.1, -0.05) is 30.3 Å². The fourth-order valence-electron chi connectivity index (χ4n) is 2.67. The van der Waals surface area contributed by atoms with Crippen molar-refractivity contribution >= 4 is 11.8 Å². The van der Waals surface area contributed by atoms with Crippen LogP contribution in [0.5, 0.6) is 0 Å². The van der Waals surface area contributed by atoms with E-state index in [1.807, 2.05) is 51.1 Å². The van der Waals surface area contributed by atoms with Gasteiger partial charge in [-0.25, -0.2) is 0 Å². The fraction of sp³-hybridized carbons (Fsp3) is 0.350. The van der Waals surface area contributed by atoms with Crippen molar-refractivity contribution in [2.75, 3.05) is 19.6 Å². The van der Waals surface area contributed by atoms with Gasteiger partial charge in [-0.2, -0.15) is 0 Å². The van der Waals surface area contributed by atoms with Gasteiger partial charge in [0.2, 0.25) is 0 Å². The molecule has 1 aromatic carbocycles. The molecule has 0 fully saturated rings. The van der Waals surface area contributed by atoms with Crippen LogP contribution in [0.25, 0.3) is 0 Å². The largest absolute Gasteiger partial charge is 0.339 e. The van der Waals surface area contributed by atoms with Crippen LogP contribution in [0.15, 0.2) is 48.7 Å². The summed E-state index contributed by atoms with van der Waals surface area (Å²) in [6.07, 6.45) is 1.53. The fourth-order valence-corrected chi connectivity index (χ4v) is 2.67. The van der Waals surface area contributed by atoms with Gasteiger partial charge in [0.15, 0.2) is 0 Å². The predicted octanol–water partition coefficient (Wildman–Crippen LogP) is 3.23. The Morgan fingerprint density at radius 2 is 1.52 bits per heavy atom. The van der Waals surface area contributed by atoms with Crippen molar-refractivity contribution in [1.82, 2.24) is 14.8 Å². The van der Waals surface area contributed by atoms with Gasteiger partial charge in [-0.3, -0.25) is 14.6 Å². The van der Waals surface area contributed by atoms with Crippen molar-refractivity contribution in [1.29, 1.82) is 0 Å². The highest BCUT2D eigenvalue weighted by Crippen LogP contribution is 2.11. The molecule has 0 spiro atoms. The molecule has 0 bridgehead atoms. The van der Waals surface area contributed by atoms with Crippen molar-refractivity contribution in [2.45, 2.75) is 27.3 Å². The van der Waals surface area contributed by atoms with E-state index < -0.39 is 0 Å².